The van der Waals surface area contributed by atoms with Gasteiger partial charge in [0, 0.05) is 10.7 Å². The number of nitrogens with zero attached hydrogens (tertiary/aromatic N) is 5. The van der Waals surface area contributed by atoms with Gasteiger partial charge in [-0.1, -0.05) is 47.1 Å². The number of anilines is 1. The van der Waals surface area contributed by atoms with E-state index in [0.29, 0.717) is 22.9 Å². The molecule has 4 rings (SSSR count). The number of aryl methyl sites for hydroxylation is 1. The Bertz CT molecular complexity index is 1250. The van der Waals surface area contributed by atoms with Gasteiger partial charge in [0.05, 0.1) is 6.54 Å². The molecule has 9 heteroatoms. The van der Waals surface area contributed by atoms with Gasteiger partial charge in [-0.15, -0.1) is 5.10 Å². The van der Waals surface area contributed by atoms with Crippen molar-refractivity contribution in [2.45, 2.75) is 20.0 Å². The molecule has 29 heavy (non-hydrogen) atoms. The number of carbonyl (C=O) groups is 1. The first-order chi connectivity index (χ1) is 14.0. The van der Waals surface area contributed by atoms with Gasteiger partial charge >= 0.3 is 0 Å². The predicted molar refractivity (Wildman–Crippen MR) is 110 cm³/mol. The number of nitrogens with one attached hydrogen (secondary N) is 1. The quantitative estimate of drug-likeness (QED) is 0.547. The van der Waals surface area contributed by atoms with Crippen LogP contribution in [0, 0.1) is 6.92 Å². The Morgan fingerprint density at radius 3 is 2.66 bits per heavy atom. The molecular formula is C20H17ClN6O2. The van der Waals surface area contributed by atoms with Crippen LogP contribution in [-0.4, -0.2) is 30.5 Å². The molecule has 0 radical (unpaired) electrons. The van der Waals surface area contributed by atoms with Crippen molar-refractivity contribution in [1.82, 2.24) is 24.5 Å². The maximum Gasteiger partial charge on any atom is 0.283 e. The second-order valence-electron chi connectivity index (χ2n) is 6.59. The van der Waals surface area contributed by atoms with Gasteiger partial charge in [-0.2, -0.15) is 0 Å². The largest absolute Gasteiger partial charge is 0.324 e. The van der Waals surface area contributed by atoms with Gasteiger partial charge < -0.3 is 5.32 Å². The molecule has 0 spiro atoms. The first kappa shape index (κ1) is 18.8. The Labute approximate surface area is 170 Å². The van der Waals surface area contributed by atoms with Crippen molar-refractivity contribution in [3.05, 3.63) is 81.4 Å². The molecule has 1 N–H and O–H groups in total. The Morgan fingerprint density at radius 2 is 1.90 bits per heavy atom. The highest BCUT2D eigenvalue weighted by molar-refractivity contribution is 6.30. The van der Waals surface area contributed by atoms with Crippen molar-refractivity contribution in [2.24, 2.45) is 0 Å². The number of amides is 1. The van der Waals surface area contributed by atoms with E-state index in [4.69, 9.17) is 11.6 Å². The van der Waals surface area contributed by atoms with E-state index in [0.717, 1.165) is 11.1 Å². The van der Waals surface area contributed by atoms with E-state index in [1.807, 2.05) is 37.3 Å². The summed E-state index contributed by atoms with van der Waals surface area (Å²) in [6.45, 7) is 2.13. The SMILES string of the molecule is Cc1ccccc1NC(=O)Cn1cnc2c(nnn2Cc2ccc(Cl)cc2)c1=O. The first-order valence-electron chi connectivity index (χ1n) is 8.90. The number of benzene rings is 2. The lowest BCUT2D eigenvalue weighted by Crippen LogP contribution is -2.28. The molecule has 2 aromatic carbocycles. The minimum Gasteiger partial charge on any atom is -0.324 e. The predicted octanol–water partition coefficient (Wildman–Crippen LogP) is 2.64. The number of fused-ring (bicyclic) bond motifs is 1. The van der Waals surface area contributed by atoms with Gasteiger partial charge in [0.15, 0.2) is 11.2 Å². The Kier molecular flexibility index (Phi) is 5.09. The number of para-hydroxylation sites is 1. The van der Waals surface area contributed by atoms with Gasteiger partial charge in [0.1, 0.15) is 12.9 Å². The van der Waals surface area contributed by atoms with E-state index in [2.05, 4.69) is 20.6 Å². The number of rotatable bonds is 5. The maximum absolute atomic E-state index is 12.7. The summed E-state index contributed by atoms with van der Waals surface area (Å²) in [4.78, 5) is 29.3. The highest BCUT2D eigenvalue weighted by Gasteiger charge is 2.14. The van der Waals surface area contributed by atoms with E-state index >= 15 is 0 Å². The molecule has 1 amide bonds. The summed E-state index contributed by atoms with van der Waals surface area (Å²) in [5.74, 6) is -0.323. The van der Waals surface area contributed by atoms with Crippen LogP contribution in [0.4, 0.5) is 5.69 Å². The molecule has 2 aromatic heterocycles. The van der Waals surface area contributed by atoms with Crippen molar-refractivity contribution in [2.75, 3.05) is 5.32 Å². The van der Waals surface area contributed by atoms with Crippen LogP contribution in [0.15, 0.2) is 59.7 Å². The smallest absolute Gasteiger partial charge is 0.283 e. The normalized spacial score (nSPS) is 11.0. The number of aromatic nitrogens is 5. The highest BCUT2D eigenvalue weighted by atomic mass is 35.5. The van der Waals surface area contributed by atoms with Crippen molar-refractivity contribution in [3.63, 3.8) is 0 Å². The standard InChI is InChI=1S/C20H17ClN6O2/c1-13-4-2-3-5-16(13)23-17(28)11-26-12-22-19-18(20(26)29)24-25-27(19)10-14-6-8-15(21)9-7-14/h2-9,12H,10-11H2,1H3,(H,23,28). The lowest BCUT2D eigenvalue weighted by atomic mass is 10.2. The fourth-order valence-electron chi connectivity index (χ4n) is 2.93. The monoisotopic (exact) mass is 408 g/mol. The summed E-state index contributed by atoms with van der Waals surface area (Å²) in [5, 5.41) is 11.4. The zero-order valence-corrected chi connectivity index (χ0v) is 16.3. The molecule has 8 nitrogen and oxygen atoms in total. The topological polar surface area (TPSA) is 94.7 Å². The second-order valence-corrected chi connectivity index (χ2v) is 7.02. The fraction of sp³-hybridized carbons (Fsp3) is 0.150. The molecule has 0 fully saturated rings. The van der Waals surface area contributed by atoms with Crippen LogP contribution in [0.5, 0.6) is 0 Å². The van der Waals surface area contributed by atoms with Crippen molar-refractivity contribution in [1.29, 1.82) is 0 Å². The zero-order chi connectivity index (χ0) is 20.4. The van der Waals surface area contributed by atoms with Crippen LogP contribution < -0.4 is 10.9 Å². The summed E-state index contributed by atoms with van der Waals surface area (Å²) in [6.07, 6.45) is 1.34. The summed E-state index contributed by atoms with van der Waals surface area (Å²) in [6, 6.07) is 14.7. The Hall–Kier alpha value is -3.52. The summed E-state index contributed by atoms with van der Waals surface area (Å²) < 4.78 is 2.76. The van der Waals surface area contributed by atoms with Crippen LogP contribution in [-0.2, 0) is 17.9 Å². The Balaban J connectivity index is 1.55. The van der Waals surface area contributed by atoms with E-state index in [1.165, 1.54) is 15.6 Å². The minimum atomic E-state index is -0.419. The molecule has 4 aromatic rings. The molecule has 0 aliphatic carbocycles. The average Bonchev–Trinajstić information content (AvgIpc) is 3.11. The van der Waals surface area contributed by atoms with E-state index < -0.39 is 5.56 Å². The molecule has 0 saturated carbocycles. The minimum absolute atomic E-state index is 0.116. The molecule has 0 aliphatic rings. The third-order valence-corrected chi connectivity index (χ3v) is 4.72. The Morgan fingerprint density at radius 1 is 1.14 bits per heavy atom. The van der Waals surface area contributed by atoms with Gasteiger partial charge in [-0.3, -0.25) is 14.2 Å². The molecule has 0 bridgehead atoms. The van der Waals surface area contributed by atoms with Crippen molar-refractivity contribution in [3.8, 4) is 0 Å². The van der Waals surface area contributed by atoms with Crippen LogP contribution in [0.2, 0.25) is 5.02 Å². The van der Waals surface area contributed by atoms with E-state index in [9.17, 15) is 9.59 Å². The van der Waals surface area contributed by atoms with Crippen LogP contribution >= 0.6 is 11.6 Å². The maximum atomic E-state index is 12.7. The number of carbonyl (C=O) groups excluding carboxylic acids is 1. The summed E-state index contributed by atoms with van der Waals surface area (Å²) in [5.41, 5.74) is 2.65. The molecule has 0 aliphatic heterocycles. The van der Waals surface area contributed by atoms with Crippen LogP contribution in [0.25, 0.3) is 11.2 Å². The summed E-state index contributed by atoms with van der Waals surface area (Å²) >= 11 is 5.90. The third-order valence-electron chi connectivity index (χ3n) is 4.47. The third kappa shape index (κ3) is 4.02. The highest BCUT2D eigenvalue weighted by Crippen LogP contribution is 2.14. The van der Waals surface area contributed by atoms with Gasteiger partial charge in [0.2, 0.25) is 5.91 Å². The van der Waals surface area contributed by atoms with Crippen LogP contribution in [0.1, 0.15) is 11.1 Å². The molecule has 0 unspecified atom stereocenters. The lowest BCUT2D eigenvalue weighted by molar-refractivity contribution is -0.116. The zero-order valence-electron chi connectivity index (χ0n) is 15.5. The average molecular weight is 409 g/mol. The van der Waals surface area contributed by atoms with Gasteiger partial charge in [-0.05, 0) is 36.2 Å². The van der Waals surface area contributed by atoms with Crippen LogP contribution in [0.3, 0.4) is 0 Å². The van der Waals surface area contributed by atoms with Crippen molar-refractivity contribution < 1.29 is 4.79 Å². The van der Waals surface area contributed by atoms with E-state index in [1.54, 1.807) is 18.2 Å². The lowest BCUT2D eigenvalue weighted by Gasteiger charge is -2.09. The first-order valence-corrected chi connectivity index (χ1v) is 9.27. The van der Waals surface area contributed by atoms with Crippen molar-refractivity contribution >= 4 is 34.4 Å². The molecule has 0 saturated heterocycles. The molecule has 2 heterocycles. The summed E-state index contributed by atoms with van der Waals surface area (Å²) in [7, 11) is 0. The number of hydrogen-bond donors (Lipinski definition) is 1. The molecular weight excluding hydrogens is 392 g/mol. The number of halogens is 1. The molecule has 146 valence electrons. The molecule has 0 atom stereocenters. The van der Waals surface area contributed by atoms with E-state index in [-0.39, 0.29) is 18.0 Å². The van der Waals surface area contributed by atoms with Gasteiger partial charge in [0.25, 0.3) is 5.56 Å². The number of hydrogen-bond acceptors (Lipinski definition) is 5. The second kappa shape index (κ2) is 7.84. The fourth-order valence-corrected chi connectivity index (χ4v) is 3.05. The van der Waals surface area contributed by atoms with Gasteiger partial charge in [-0.25, -0.2) is 9.67 Å².